The Morgan fingerprint density at radius 2 is 2.20 bits per heavy atom. The van der Waals surface area contributed by atoms with Gasteiger partial charge >= 0.3 is 0 Å². The van der Waals surface area contributed by atoms with Crippen LogP contribution in [0.25, 0.3) is 0 Å². The van der Waals surface area contributed by atoms with Crippen molar-refractivity contribution in [2.75, 3.05) is 19.6 Å². The number of rotatable bonds is 5. The number of nitrogens with one attached hydrogen (secondary N) is 1. The lowest BCUT2D eigenvalue weighted by Gasteiger charge is -2.39. The fraction of sp³-hybridized carbons (Fsp3) is 0.800. The number of nitrogens with zero attached hydrogens (tertiary/aromatic N) is 3. The molecule has 114 valence electrons. The Morgan fingerprint density at radius 1 is 1.45 bits per heavy atom. The van der Waals surface area contributed by atoms with Crippen LogP contribution in [-0.2, 0) is 20.0 Å². The van der Waals surface area contributed by atoms with Crippen LogP contribution >= 0.6 is 15.9 Å². The van der Waals surface area contributed by atoms with E-state index in [9.17, 15) is 0 Å². The predicted octanol–water partition coefficient (Wildman–Crippen LogP) is 2.56. The summed E-state index contributed by atoms with van der Waals surface area (Å²) in [5, 5.41) is 8.15. The van der Waals surface area contributed by atoms with E-state index >= 15 is 0 Å². The molecule has 2 heterocycles. The Bertz CT molecular complexity index is 443. The van der Waals surface area contributed by atoms with Crippen LogP contribution in [0.15, 0.2) is 4.47 Å². The summed E-state index contributed by atoms with van der Waals surface area (Å²) in [4.78, 5) is 2.62. The molecule has 2 atom stereocenters. The van der Waals surface area contributed by atoms with Crippen molar-refractivity contribution in [1.29, 1.82) is 0 Å². The van der Waals surface area contributed by atoms with Crippen LogP contribution < -0.4 is 5.32 Å². The van der Waals surface area contributed by atoms with Gasteiger partial charge in [-0.15, -0.1) is 0 Å². The molecular weight excluding hydrogens is 316 g/mol. The highest BCUT2D eigenvalue weighted by molar-refractivity contribution is 9.10. The second-order valence-corrected chi connectivity index (χ2v) is 6.61. The molecule has 1 aliphatic heterocycles. The lowest BCUT2D eigenvalue weighted by molar-refractivity contribution is 0.106. The maximum Gasteiger partial charge on any atom is 0.0767 e. The Morgan fingerprint density at radius 3 is 2.80 bits per heavy atom. The van der Waals surface area contributed by atoms with Gasteiger partial charge in [0.15, 0.2) is 0 Å². The van der Waals surface area contributed by atoms with Crippen molar-refractivity contribution in [3.63, 3.8) is 0 Å². The number of piperazine rings is 1. The Balaban J connectivity index is 2.16. The van der Waals surface area contributed by atoms with Gasteiger partial charge in [0.05, 0.1) is 15.9 Å². The van der Waals surface area contributed by atoms with Crippen LogP contribution in [0.2, 0.25) is 0 Å². The summed E-state index contributed by atoms with van der Waals surface area (Å²) in [5.41, 5.74) is 2.47. The topological polar surface area (TPSA) is 33.1 Å². The average molecular weight is 343 g/mol. The quantitative estimate of drug-likeness (QED) is 0.892. The van der Waals surface area contributed by atoms with E-state index in [2.05, 4.69) is 59.1 Å². The zero-order chi connectivity index (χ0) is 14.7. The maximum absolute atomic E-state index is 4.61. The number of hydrogen-bond donors (Lipinski definition) is 1. The van der Waals surface area contributed by atoms with Crippen molar-refractivity contribution in [1.82, 2.24) is 20.0 Å². The molecule has 0 aromatic carbocycles. The SMILES string of the molecule is CCc1nn(C)c(CN2CCNCC2C(C)CC)c1Br. The second kappa shape index (κ2) is 7.05. The molecule has 1 aromatic heterocycles. The van der Waals surface area contributed by atoms with Crippen molar-refractivity contribution in [3.05, 3.63) is 15.9 Å². The van der Waals surface area contributed by atoms with Gasteiger partial charge in [-0.1, -0.05) is 27.2 Å². The Hall–Kier alpha value is -0.390. The minimum Gasteiger partial charge on any atom is -0.314 e. The molecule has 0 saturated carbocycles. The van der Waals surface area contributed by atoms with Crippen LogP contribution in [0.1, 0.15) is 38.6 Å². The zero-order valence-corrected chi connectivity index (χ0v) is 14.7. The molecule has 0 amide bonds. The minimum atomic E-state index is 0.626. The molecule has 0 spiro atoms. The molecule has 1 saturated heterocycles. The van der Waals surface area contributed by atoms with Gasteiger partial charge in [-0.05, 0) is 28.3 Å². The van der Waals surface area contributed by atoms with E-state index in [0.29, 0.717) is 6.04 Å². The summed E-state index contributed by atoms with van der Waals surface area (Å²) >= 11 is 3.74. The van der Waals surface area contributed by atoms with Gasteiger partial charge in [0, 0.05) is 39.3 Å². The highest BCUT2D eigenvalue weighted by atomic mass is 79.9. The van der Waals surface area contributed by atoms with E-state index in [0.717, 1.165) is 44.2 Å². The molecule has 0 bridgehead atoms. The van der Waals surface area contributed by atoms with Gasteiger partial charge in [-0.2, -0.15) is 5.10 Å². The van der Waals surface area contributed by atoms with E-state index in [1.165, 1.54) is 16.6 Å². The van der Waals surface area contributed by atoms with Crippen molar-refractivity contribution < 1.29 is 0 Å². The van der Waals surface area contributed by atoms with E-state index < -0.39 is 0 Å². The summed E-state index contributed by atoms with van der Waals surface area (Å²) in [6.07, 6.45) is 2.21. The lowest BCUT2D eigenvalue weighted by Crippen LogP contribution is -2.53. The molecule has 5 heteroatoms. The largest absolute Gasteiger partial charge is 0.314 e. The average Bonchev–Trinajstić information content (AvgIpc) is 2.74. The van der Waals surface area contributed by atoms with E-state index in [1.54, 1.807) is 0 Å². The van der Waals surface area contributed by atoms with Crippen LogP contribution in [0, 0.1) is 5.92 Å². The molecule has 1 aromatic rings. The van der Waals surface area contributed by atoms with Gasteiger partial charge < -0.3 is 5.32 Å². The number of aromatic nitrogens is 2. The van der Waals surface area contributed by atoms with Gasteiger partial charge in [0.1, 0.15) is 0 Å². The van der Waals surface area contributed by atoms with Crippen molar-refractivity contribution in [2.45, 2.75) is 46.2 Å². The summed E-state index contributed by atoms with van der Waals surface area (Å²) in [7, 11) is 2.06. The van der Waals surface area contributed by atoms with Crippen LogP contribution in [0.4, 0.5) is 0 Å². The van der Waals surface area contributed by atoms with Gasteiger partial charge in [0.25, 0.3) is 0 Å². The highest BCUT2D eigenvalue weighted by Gasteiger charge is 2.28. The molecule has 20 heavy (non-hydrogen) atoms. The first-order chi connectivity index (χ1) is 9.58. The number of hydrogen-bond acceptors (Lipinski definition) is 3. The molecule has 1 aliphatic rings. The molecule has 4 nitrogen and oxygen atoms in total. The second-order valence-electron chi connectivity index (χ2n) is 5.81. The standard InChI is InChI=1S/C15H27BrN4/c1-5-11(3)13-9-17-7-8-20(13)10-14-15(16)12(6-2)18-19(14)4/h11,13,17H,5-10H2,1-4H3. The fourth-order valence-electron chi connectivity index (χ4n) is 2.98. The molecule has 1 fully saturated rings. The van der Waals surface area contributed by atoms with Gasteiger partial charge in [-0.3, -0.25) is 9.58 Å². The third kappa shape index (κ3) is 3.26. The minimum absolute atomic E-state index is 0.626. The third-order valence-electron chi connectivity index (χ3n) is 4.55. The molecule has 2 rings (SSSR count). The Labute approximate surface area is 131 Å². The van der Waals surface area contributed by atoms with E-state index in [-0.39, 0.29) is 0 Å². The fourth-order valence-corrected chi connectivity index (χ4v) is 3.72. The molecule has 1 N–H and O–H groups in total. The third-order valence-corrected chi connectivity index (χ3v) is 5.47. The van der Waals surface area contributed by atoms with Crippen LogP contribution in [-0.4, -0.2) is 40.4 Å². The van der Waals surface area contributed by atoms with E-state index in [4.69, 9.17) is 0 Å². The smallest absolute Gasteiger partial charge is 0.0767 e. The van der Waals surface area contributed by atoms with Crippen molar-refractivity contribution in [2.24, 2.45) is 13.0 Å². The van der Waals surface area contributed by atoms with Crippen LogP contribution in [0.5, 0.6) is 0 Å². The summed E-state index contributed by atoms with van der Waals surface area (Å²) in [6, 6.07) is 0.626. The van der Waals surface area contributed by atoms with Crippen molar-refractivity contribution >= 4 is 15.9 Å². The predicted molar refractivity (Wildman–Crippen MR) is 86.8 cm³/mol. The first kappa shape index (κ1) is 16.0. The lowest BCUT2D eigenvalue weighted by atomic mass is 9.96. The monoisotopic (exact) mass is 342 g/mol. The molecule has 2 unspecified atom stereocenters. The molecule has 0 radical (unpaired) electrons. The van der Waals surface area contributed by atoms with Gasteiger partial charge in [-0.25, -0.2) is 0 Å². The van der Waals surface area contributed by atoms with E-state index in [1.807, 2.05) is 4.68 Å². The summed E-state index contributed by atoms with van der Waals surface area (Å²) < 4.78 is 3.24. The van der Waals surface area contributed by atoms with Gasteiger partial charge in [0.2, 0.25) is 0 Å². The summed E-state index contributed by atoms with van der Waals surface area (Å²) in [6.45, 7) is 11.1. The normalized spacial score (nSPS) is 22.1. The van der Waals surface area contributed by atoms with Crippen LogP contribution in [0.3, 0.4) is 0 Å². The Kier molecular flexibility index (Phi) is 5.64. The summed E-state index contributed by atoms with van der Waals surface area (Å²) in [5.74, 6) is 0.723. The molecular formula is C15H27BrN4. The first-order valence-electron chi connectivity index (χ1n) is 7.73. The number of halogens is 1. The molecule has 0 aliphatic carbocycles. The maximum atomic E-state index is 4.61. The van der Waals surface area contributed by atoms with Crippen molar-refractivity contribution in [3.8, 4) is 0 Å². The highest BCUT2D eigenvalue weighted by Crippen LogP contribution is 2.25. The number of aryl methyl sites for hydroxylation is 2. The zero-order valence-electron chi connectivity index (χ0n) is 13.1. The first-order valence-corrected chi connectivity index (χ1v) is 8.52.